The molecule has 0 aliphatic heterocycles. The second-order valence-corrected chi connectivity index (χ2v) is 8.96. The van der Waals surface area contributed by atoms with Crippen LogP contribution < -0.4 is 16.0 Å². The van der Waals surface area contributed by atoms with Crippen molar-refractivity contribution in [3.05, 3.63) is 102 Å². The number of nitrogens with zero attached hydrogens (tertiary/aromatic N) is 1. The smallest absolute Gasteiger partial charge is 0.407 e. The number of nitrogens with one attached hydrogen (secondary N) is 3. The van der Waals surface area contributed by atoms with Crippen molar-refractivity contribution in [2.45, 2.75) is 39.5 Å². The summed E-state index contributed by atoms with van der Waals surface area (Å²) in [5, 5.41) is 8.41. The lowest BCUT2D eigenvalue weighted by atomic mass is 10.1. The van der Waals surface area contributed by atoms with Gasteiger partial charge in [0.05, 0.1) is 19.4 Å². The molecule has 0 saturated carbocycles. The Bertz CT molecular complexity index is 1360. The second kappa shape index (κ2) is 13.8. The molecule has 0 saturated heterocycles. The predicted octanol–water partition coefficient (Wildman–Crippen LogP) is 6.52. The van der Waals surface area contributed by atoms with Crippen LogP contribution in [0, 0.1) is 6.92 Å². The molecule has 9 nitrogen and oxygen atoms in total. The summed E-state index contributed by atoms with van der Waals surface area (Å²) in [6.45, 7) is 4.90. The number of carbonyl (C=O) groups is 2. The zero-order valence-electron chi connectivity index (χ0n) is 22.0. The summed E-state index contributed by atoms with van der Waals surface area (Å²) in [4.78, 5) is 28.8. The van der Waals surface area contributed by atoms with Crippen molar-refractivity contribution in [3.63, 3.8) is 0 Å². The fourth-order valence-electron chi connectivity index (χ4n) is 3.90. The Labute approximate surface area is 227 Å². The van der Waals surface area contributed by atoms with Crippen LogP contribution in [0.15, 0.2) is 89.8 Å². The van der Waals surface area contributed by atoms with Crippen LogP contribution in [-0.4, -0.2) is 29.8 Å². The van der Waals surface area contributed by atoms with Crippen LogP contribution in [0.3, 0.4) is 0 Å². The van der Waals surface area contributed by atoms with Crippen molar-refractivity contribution in [1.29, 1.82) is 0 Å². The molecule has 202 valence electrons. The number of amides is 3. The van der Waals surface area contributed by atoms with Gasteiger partial charge in [0.2, 0.25) is 0 Å². The van der Waals surface area contributed by atoms with Crippen molar-refractivity contribution in [2.75, 3.05) is 17.2 Å². The summed E-state index contributed by atoms with van der Waals surface area (Å²) < 4.78 is 16.6. The van der Waals surface area contributed by atoms with E-state index in [1.165, 1.54) is 6.39 Å². The number of urea groups is 1. The SMILES string of the molecule is CCC(COCc1ccccc1)OC(=O)NCc1cccc(NC(=O)Nc2ccc(-c3cnco3)c(C)c2)c1. The van der Waals surface area contributed by atoms with E-state index in [0.717, 1.165) is 22.3 Å². The number of anilines is 2. The zero-order chi connectivity index (χ0) is 27.5. The molecule has 1 atom stereocenters. The van der Waals surface area contributed by atoms with Gasteiger partial charge in [-0.25, -0.2) is 14.6 Å². The molecular formula is C30H32N4O5. The van der Waals surface area contributed by atoms with Crippen molar-refractivity contribution < 1.29 is 23.5 Å². The predicted molar refractivity (Wildman–Crippen MR) is 149 cm³/mol. The van der Waals surface area contributed by atoms with Crippen LogP contribution in [0.2, 0.25) is 0 Å². The molecule has 1 heterocycles. The summed E-state index contributed by atoms with van der Waals surface area (Å²) in [5.74, 6) is 0.666. The first-order valence-electron chi connectivity index (χ1n) is 12.7. The van der Waals surface area contributed by atoms with E-state index in [1.54, 1.807) is 30.5 Å². The Morgan fingerprint density at radius 3 is 2.44 bits per heavy atom. The normalized spacial score (nSPS) is 11.4. The van der Waals surface area contributed by atoms with E-state index in [2.05, 4.69) is 20.9 Å². The van der Waals surface area contributed by atoms with Crippen LogP contribution in [0.5, 0.6) is 0 Å². The Morgan fingerprint density at radius 2 is 1.72 bits per heavy atom. The van der Waals surface area contributed by atoms with Crippen LogP contribution in [0.25, 0.3) is 11.3 Å². The Morgan fingerprint density at radius 1 is 0.949 bits per heavy atom. The maximum atomic E-state index is 12.6. The second-order valence-electron chi connectivity index (χ2n) is 8.96. The molecule has 0 aliphatic rings. The van der Waals surface area contributed by atoms with Crippen LogP contribution in [0.1, 0.15) is 30.0 Å². The van der Waals surface area contributed by atoms with Crippen LogP contribution in [-0.2, 0) is 22.6 Å². The van der Waals surface area contributed by atoms with Gasteiger partial charge in [0.1, 0.15) is 6.10 Å². The maximum Gasteiger partial charge on any atom is 0.407 e. The Balaban J connectivity index is 1.22. The van der Waals surface area contributed by atoms with E-state index in [4.69, 9.17) is 13.9 Å². The minimum Gasteiger partial charge on any atom is -0.444 e. The minimum absolute atomic E-state index is 0.250. The third-order valence-electron chi connectivity index (χ3n) is 5.95. The van der Waals surface area contributed by atoms with Crippen molar-refractivity contribution in [3.8, 4) is 11.3 Å². The number of hydrogen-bond donors (Lipinski definition) is 3. The fraction of sp³-hybridized carbons (Fsp3) is 0.233. The molecule has 3 aromatic carbocycles. The van der Waals surface area contributed by atoms with Gasteiger partial charge in [-0.3, -0.25) is 0 Å². The van der Waals surface area contributed by atoms with Gasteiger partial charge >= 0.3 is 12.1 Å². The van der Waals surface area contributed by atoms with Gasteiger partial charge in [-0.1, -0.05) is 49.4 Å². The number of carbonyl (C=O) groups excluding carboxylic acids is 2. The molecule has 3 N–H and O–H groups in total. The maximum absolute atomic E-state index is 12.6. The Kier molecular flexibility index (Phi) is 9.68. The van der Waals surface area contributed by atoms with Gasteiger partial charge < -0.3 is 29.8 Å². The summed E-state index contributed by atoms with van der Waals surface area (Å²) in [7, 11) is 0. The molecule has 39 heavy (non-hydrogen) atoms. The number of hydrogen-bond acceptors (Lipinski definition) is 6. The molecule has 1 aromatic heterocycles. The van der Waals surface area contributed by atoms with E-state index in [9.17, 15) is 9.59 Å². The van der Waals surface area contributed by atoms with Gasteiger partial charge in [-0.15, -0.1) is 0 Å². The number of benzene rings is 3. The largest absolute Gasteiger partial charge is 0.444 e. The number of alkyl carbamates (subject to hydrolysis) is 1. The lowest BCUT2D eigenvalue weighted by molar-refractivity contribution is 0.0118. The van der Waals surface area contributed by atoms with E-state index < -0.39 is 6.09 Å². The molecule has 4 aromatic rings. The Hall–Kier alpha value is -4.63. The average molecular weight is 529 g/mol. The summed E-state index contributed by atoms with van der Waals surface area (Å²) in [5.41, 5.74) is 4.96. The third-order valence-corrected chi connectivity index (χ3v) is 5.95. The standard InChI is InChI=1S/C30H32N4O5/c1-3-26(19-37-18-22-8-5-4-6-9-22)39-30(36)32-16-23-10-7-11-24(15-23)33-29(35)34-25-12-13-27(21(2)14-25)28-17-31-20-38-28/h4-15,17,20,26H,3,16,18-19H2,1-2H3,(H,32,36)(H2,33,34,35). The third kappa shape index (κ3) is 8.44. The number of aryl methyl sites for hydroxylation is 1. The molecule has 1 unspecified atom stereocenters. The molecule has 0 aliphatic carbocycles. The molecule has 0 radical (unpaired) electrons. The van der Waals surface area contributed by atoms with Crippen molar-refractivity contribution in [2.24, 2.45) is 0 Å². The van der Waals surface area contributed by atoms with Crippen LogP contribution >= 0.6 is 0 Å². The van der Waals surface area contributed by atoms with Gasteiger partial charge in [0, 0.05) is 23.5 Å². The molecule has 0 bridgehead atoms. The summed E-state index contributed by atoms with van der Waals surface area (Å²) in [6.07, 6.45) is 2.79. The highest BCUT2D eigenvalue weighted by Gasteiger charge is 2.13. The van der Waals surface area contributed by atoms with Crippen LogP contribution in [0.4, 0.5) is 21.0 Å². The van der Waals surface area contributed by atoms with Gasteiger partial charge in [0.25, 0.3) is 0 Å². The van der Waals surface area contributed by atoms with Gasteiger partial charge in [0.15, 0.2) is 12.2 Å². The highest BCUT2D eigenvalue weighted by molar-refractivity contribution is 6.00. The van der Waals surface area contributed by atoms with Gasteiger partial charge in [-0.05, 0) is 60.4 Å². The number of oxazole rings is 1. The summed E-state index contributed by atoms with van der Waals surface area (Å²) in [6, 6.07) is 22.2. The number of ether oxygens (including phenoxy) is 2. The van der Waals surface area contributed by atoms with Crippen molar-refractivity contribution >= 4 is 23.5 Å². The van der Waals surface area contributed by atoms with E-state index in [1.807, 2.05) is 62.4 Å². The first-order chi connectivity index (χ1) is 19.0. The van der Waals surface area contributed by atoms with E-state index in [-0.39, 0.29) is 18.7 Å². The quantitative estimate of drug-likeness (QED) is 0.204. The van der Waals surface area contributed by atoms with E-state index >= 15 is 0 Å². The van der Waals surface area contributed by atoms with E-state index in [0.29, 0.717) is 36.8 Å². The van der Waals surface area contributed by atoms with Gasteiger partial charge in [-0.2, -0.15) is 0 Å². The minimum atomic E-state index is -0.523. The fourth-order valence-corrected chi connectivity index (χ4v) is 3.90. The monoisotopic (exact) mass is 528 g/mol. The molecule has 3 amide bonds. The number of aromatic nitrogens is 1. The highest BCUT2D eigenvalue weighted by Crippen LogP contribution is 2.25. The summed E-state index contributed by atoms with van der Waals surface area (Å²) >= 11 is 0. The highest BCUT2D eigenvalue weighted by atomic mass is 16.6. The first kappa shape index (κ1) is 27.4. The van der Waals surface area contributed by atoms with Crippen molar-refractivity contribution in [1.82, 2.24) is 10.3 Å². The molecule has 4 rings (SSSR count). The lowest BCUT2D eigenvalue weighted by Crippen LogP contribution is -2.30. The first-order valence-corrected chi connectivity index (χ1v) is 12.7. The molecule has 0 fully saturated rings. The lowest BCUT2D eigenvalue weighted by Gasteiger charge is -2.17. The molecule has 0 spiro atoms. The molecule has 9 heteroatoms. The zero-order valence-corrected chi connectivity index (χ0v) is 22.0. The topological polar surface area (TPSA) is 115 Å². The molecular weight excluding hydrogens is 496 g/mol. The number of rotatable bonds is 11. The average Bonchev–Trinajstić information content (AvgIpc) is 3.47.